The molecule has 0 radical (unpaired) electrons. The van der Waals surface area contributed by atoms with Crippen LogP contribution in [0.2, 0.25) is 0 Å². The molecule has 5 rings (SSSR count). The number of aryl methyl sites for hydroxylation is 1. The van der Waals surface area contributed by atoms with E-state index in [1.165, 1.54) is 11.5 Å². The number of hydrogen-bond acceptors (Lipinski definition) is 7. The van der Waals surface area contributed by atoms with Gasteiger partial charge in [-0.1, -0.05) is 0 Å². The van der Waals surface area contributed by atoms with E-state index in [9.17, 15) is 14.7 Å². The summed E-state index contributed by atoms with van der Waals surface area (Å²) in [7, 11) is 1.57. The van der Waals surface area contributed by atoms with E-state index < -0.39 is 5.60 Å². The van der Waals surface area contributed by atoms with Gasteiger partial charge in [0.05, 0.1) is 22.1 Å². The van der Waals surface area contributed by atoms with Crippen LogP contribution in [-0.2, 0) is 0 Å². The number of aliphatic hydroxyl groups is 1. The molecule has 9 nitrogen and oxygen atoms in total. The summed E-state index contributed by atoms with van der Waals surface area (Å²) in [5.41, 5.74) is 1.52. The Morgan fingerprint density at radius 2 is 2.12 bits per heavy atom. The van der Waals surface area contributed by atoms with Crippen LogP contribution in [0.15, 0.2) is 36.7 Å². The van der Waals surface area contributed by atoms with Crippen LogP contribution in [0.25, 0.3) is 15.6 Å². The molecular formula is C23H23N5O4S. The van der Waals surface area contributed by atoms with Gasteiger partial charge < -0.3 is 20.1 Å². The number of β-amino-alcohol motifs (C(OH)–C–C–N with tert-alkyl or cyclic N) is 1. The Labute approximate surface area is 193 Å². The van der Waals surface area contributed by atoms with Crippen LogP contribution in [0, 0.1) is 6.92 Å². The Morgan fingerprint density at radius 3 is 2.85 bits per heavy atom. The summed E-state index contributed by atoms with van der Waals surface area (Å²) < 4.78 is 12.9. The molecule has 0 bridgehead atoms. The second-order valence-electron chi connectivity index (χ2n) is 8.50. The predicted molar refractivity (Wildman–Crippen MR) is 124 cm³/mol. The van der Waals surface area contributed by atoms with Gasteiger partial charge in [0, 0.05) is 43.9 Å². The lowest BCUT2D eigenvalue weighted by Crippen LogP contribution is -2.34. The third kappa shape index (κ3) is 3.70. The van der Waals surface area contributed by atoms with E-state index in [0.29, 0.717) is 47.8 Å². The minimum atomic E-state index is -0.859. The highest BCUT2D eigenvalue weighted by Gasteiger charge is 2.35. The van der Waals surface area contributed by atoms with Gasteiger partial charge in [0.1, 0.15) is 17.0 Å². The molecule has 4 heterocycles. The number of rotatable bonds is 4. The molecule has 0 spiro atoms. The smallest absolute Gasteiger partial charge is 0.271 e. The molecule has 1 aromatic carbocycles. The zero-order valence-electron chi connectivity index (χ0n) is 18.5. The van der Waals surface area contributed by atoms with E-state index in [1.807, 2.05) is 19.1 Å². The fraction of sp³-hybridized carbons (Fsp3) is 0.304. The second-order valence-corrected chi connectivity index (χ2v) is 9.31. The molecular weight excluding hydrogens is 442 g/mol. The number of amides is 2. The lowest BCUT2D eigenvalue weighted by molar-refractivity contribution is 0.0572. The molecule has 1 aliphatic heterocycles. The van der Waals surface area contributed by atoms with Crippen LogP contribution < -0.4 is 10.1 Å². The van der Waals surface area contributed by atoms with Crippen LogP contribution in [-0.4, -0.2) is 61.5 Å². The molecule has 4 aromatic rings. The molecule has 2 N–H and O–H groups in total. The van der Waals surface area contributed by atoms with E-state index in [2.05, 4.69) is 14.8 Å². The quantitative estimate of drug-likeness (QED) is 0.480. The lowest BCUT2D eigenvalue weighted by atomic mass is 10.1. The van der Waals surface area contributed by atoms with Gasteiger partial charge in [0.2, 0.25) is 0 Å². The summed E-state index contributed by atoms with van der Waals surface area (Å²) in [6, 6.07) is 7.20. The van der Waals surface area contributed by atoms with E-state index >= 15 is 0 Å². The van der Waals surface area contributed by atoms with Gasteiger partial charge in [-0.25, -0.2) is 4.52 Å². The van der Waals surface area contributed by atoms with Gasteiger partial charge in [0.25, 0.3) is 11.8 Å². The molecule has 1 atom stereocenters. The first-order valence-corrected chi connectivity index (χ1v) is 11.3. The number of carbonyl (C=O) groups is 2. The first-order valence-electron chi connectivity index (χ1n) is 10.6. The van der Waals surface area contributed by atoms with Crippen LogP contribution in [0.5, 0.6) is 11.5 Å². The Morgan fingerprint density at radius 1 is 1.30 bits per heavy atom. The molecule has 1 aliphatic rings. The molecule has 1 saturated heterocycles. The molecule has 10 heteroatoms. The maximum Gasteiger partial charge on any atom is 0.271 e. The second kappa shape index (κ2) is 7.82. The van der Waals surface area contributed by atoms with E-state index in [0.717, 1.165) is 15.6 Å². The van der Waals surface area contributed by atoms with Crippen molar-refractivity contribution in [2.75, 3.05) is 20.1 Å². The van der Waals surface area contributed by atoms with Gasteiger partial charge in [-0.15, -0.1) is 0 Å². The Kier molecular flexibility index (Phi) is 5.06. The highest BCUT2D eigenvalue weighted by Crippen LogP contribution is 2.34. The van der Waals surface area contributed by atoms with Crippen molar-refractivity contribution in [3.8, 4) is 11.5 Å². The zero-order valence-corrected chi connectivity index (χ0v) is 19.3. The van der Waals surface area contributed by atoms with Crippen LogP contribution in [0.1, 0.15) is 39.8 Å². The standard InChI is InChI=1S/C23H23N5O4S/c1-13-16(22(30)27-9-7-23(2,31)12-27)11-28-20(13)17(6-8-25-28)32-14-4-5-15-18(10-14)33-26-19(15)21(29)24-3/h4-6,8,10-11,31H,7,9,12H2,1-3H3,(H,24,29)/t23-/m0/s1. The Hall–Kier alpha value is -3.50. The van der Waals surface area contributed by atoms with Crippen molar-refractivity contribution in [1.82, 2.24) is 24.2 Å². The molecule has 3 aromatic heterocycles. The summed E-state index contributed by atoms with van der Waals surface area (Å²) in [6.07, 6.45) is 3.87. The molecule has 1 fully saturated rings. The monoisotopic (exact) mass is 465 g/mol. The third-order valence-corrected chi connectivity index (χ3v) is 6.78. The zero-order chi connectivity index (χ0) is 23.3. The van der Waals surface area contributed by atoms with E-state index in [-0.39, 0.29) is 11.8 Å². The number of benzene rings is 1. The summed E-state index contributed by atoms with van der Waals surface area (Å²) in [5, 5.41) is 18.0. The average Bonchev–Trinajstić information content (AvgIpc) is 3.48. The van der Waals surface area contributed by atoms with Crippen LogP contribution in [0.4, 0.5) is 0 Å². The molecule has 0 saturated carbocycles. The number of aromatic nitrogens is 3. The number of carbonyl (C=O) groups excluding carboxylic acids is 2. The number of fused-ring (bicyclic) bond motifs is 2. The number of ether oxygens (including phenoxy) is 1. The molecule has 0 aliphatic carbocycles. The Balaban J connectivity index is 1.48. The van der Waals surface area contributed by atoms with E-state index in [4.69, 9.17) is 4.74 Å². The molecule has 33 heavy (non-hydrogen) atoms. The van der Waals surface area contributed by atoms with Crippen molar-refractivity contribution < 1.29 is 19.4 Å². The van der Waals surface area contributed by atoms with E-state index in [1.54, 1.807) is 47.9 Å². The van der Waals surface area contributed by atoms with Gasteiger partial charge >= 0.3 is 0 Å². The maximum atomic E-state index is 13.1. The summed E-state index contributed by atoms with van der Waals surface area (Å²) in [6.45, 7) is 4.43. The highest BCUT2D eigenvalue weighted by molar-refractivity contribution is 7.13. The minimum Gasteiger partial charge on any atom is -0.455 e. The number of nitrogens with one attached hydrogen (secondary N) is 1. The predicted octanol–water partition coefficient (Wildman–Crippen LogP) is 3.00. The summed E-state index contributed by atoms with van der Waals surface area (Å²) in [4.78, 5) is 26.8. The Bertz CT molecular complexity index is 1410. The summed E-state index contributed by atoms with van der Waals surface area (Å²) >= 11 is 1.23. The molecule has 0 unspecified atom stereocenters. The van der Waals surface area contributed by atoms with Crippen LogP contribution in [0.3, 0.4) is 0 Å². The average molecular weight is 466 g/mol. The summed E-state index contributed by atoms with van der Waals surface area (Å²) in [5.74, 6) is 0.790. The molecule has 170 valence electrons. The topological polar surface area (TPSA) is 109 Å². The third-order valence-electron chi connectivity index (χ3n) is 5.97. The first kappa shape index (κ1) is 21.4. The van der Waals surface area contributed by atoms with Crippen molar-refractivity contribution in [1.29, 1.82) is 0 Å². The van der Waals surface area contributed by atoms with Gasteiger partial charge in [-0.05, 0) is 49.5 Å². The lowest BCUT2D eigenvalue weighted by Gasteiger charge is -2.18. The fourth-order valence-corrected chi connectivity index (χ4v) is 5.00. The SMILES string of the molecule is CNC(=O)c1nsc2cc(Oc3ccnn4cc(C(=O)N5CC[C@](C)(O)C5)c(C)c34)ccc12. The highest BCUT2D eigenvalue weighted by atomic mass is 32.1. The van der Waals surface area contributed by atoms with Crippen molar-refractivity contribution in [3.63, 3.8) is 0 Å². The van der Waals surface area contributed by atoms with Gasteiger partial charge in [0.15, 0.2) is 5.75 Å². The number of nitrogens with zero attached hydrogens (tertiary/aromatic N) is 4. The van der Waals surface area contributed by atoms with Crippen molar-refractivity contribution >= 4 is 38.9 Å². The first-order chi connectivity index (χ1) is 15.8. The van der Waals surface area contributed by atoms with Crippen molar-refractivity contribution in [2.24, 2.45) is 0 Å². The molecule has 2 amide bonds. The minimum absolute atomic E-state index is 0.130. The normalized spacial score (nSPS) is 18.2. The van der Waals surface area contributed by atoms with Crippen LogP contribution >= 0.6 is 11.5 Å². The van der Waals surface area contributed by atoms with Crippen molar-refractivity contribution in [3.05, 3.63) is 53.5 Å². The van der Waals surface area contributed by atoms with Gasteiger partial charge in [-0.3, -0.25) is 9.59 Å². The maximum absolute atomic E-state index is 13.1. The van der Waals surface area contributed by atoms with Gasteiger partial charge in [-0.2, -0.15) is 9.47 Å². The number of hydrogen-bond donors (Lipinski definition) is 2. The van der Waals surface area contributed by atoms with Crippen molar-refractivity contribution in [2.45, 2.75) is 25.9 Å². The fourth-order valence-electron chi connectivity index (χ4n) is 4.20. The largest absolute Gasteiger partial charge is 0.455 e. The number of likely N-dealkylation sites (tertiary alicyclic amines) is 1.